The first-order valence-corrected chi connectivity index (χ1v) is 6.17. The van der Waals surface area contributed by atoms with E-state index in [2.05, 4.69) is 15.0 Å². The standard InChI is InChI=1S/C13H18N4O2/c1-16-10-11(13(15-16)19-2)12(18)14-6-5-9-17-7-3-4-8-17/h3-4,7-8,10H,5-6,9H2,1-2H3,(H,14,18). The molecule has 1 amide bonds. The number of nitrogens with zero attached hydrogens (tertiary/aromatic N) is 3. The van der Waals surface area contributed by atoms with Crippen molar-refractivity contribution >= 4 is 5.91 Å². The van der Waals surface area contributed by atoms with E-state index in [4.69, 9.17) is 4.74 Å². The van der Waals surface area contributed by atoms with E-state index in [0.717, 1.165) is 13.0 Å². The van der Waals surface area contributed by atoms with Crippen LogP contribution in [0.3, 0.4) is 0 Å². The van der Waals surface area contributed by atoms with E-state index in [1.807, 2.05) is 24.5 Å². The summed E-state index contributed by atoms with van der Waals surface area (Å²) in [5, 5.41) is 6.91. The van der Waals surface area contributed by atoms with Gasteiger partial charge in [-0.05, 0) is 18.6 Å². The maximum Gasteiger partial charge on any atom is 0.258 e. The molecule has 0 saturated carbocycles. The molecule has 0 unspecified atom stereocenters. The molecule has 2 aromatic heterocycles. The number of aryl methyl sites for hydroxylation is 2. The first kappa shape index (κ1) is 13.2. The maximum absolute atomic E-state index is 11.9. The summed E-state index contributed by atoms with van der Waals surface area (Å²) >= 11 is 0. The van der Waals surface area contributed by atoms with Gasteiger partial charge >= 0.3 is 0 Å². The Balaban J connectivity index is 1.80. The van der Waals surface area contributed by atoms with E-state index in [9.17, 15) is 4.79 Å². The molecule has 0 bridgehead atoms. The van der Waals surface area contributed by atoms with Crippen molar-refractivity contribution in [3.8, 4) is 5.88 Å². The Morgan fingerprint density at radius 1 is 1.42 bits per heavy atom. The smallest absolute Gasteiger partial charge is 0.258 e. The lowest BCUT2D eigenvalue weighted by Gasteiger charge is -2.05. The van der Waals surface area contributed by atoms with Crippen molar-refractivity contribution < 1.29 is 9.53 Å². The lowest BCUT2D eigenvalue weighted by atomic mass is 10.3. The summed E-state index contributed by atoms with van der Waals surface area (Å²) in [7, 11) is 3.26. The van der Waals surface area contributed by atoms with Crippen molar-refractivity contribution in [3.05, 3.63) is 36.3 Å². The monoisotopic (exact) mass is 262 g/mol. The molecule has 0 aliphatic heterocycles. The van der Waals surface area contributed by atoms with Crippen LogP contribution in [0.15, 0.2) is 30.7 Å². The van der Waals surface area contributed by atoms with Gasteiger partial charge in [-0.15, -0.1) is 5.10 Å². The van der Waals surface area contributed by atoms with Crippen molar-refractivity contribution in [2.45, 2.75) is 13.0 Å². The lowest BCUT2D eigenvalue weighted by Crippen LogP contribution is -2.25. The van der Waals surface area contributed by atoms with Crippen LogP contribution in [0.5, 0.6) is 5.88 Å². The van der Waals surface area contributed by atoms with Crippen molar-refractivity contribution in [1.82, 2.24) is 19.7 Å². The molecular weight excluding hydrogens is 244 g/mol. The molecule has 2 heterocycles. The maximum atomic E-state index is 11.9. The minimum Gasteiger partial charge on any atom is -0.479 e. The summed E-state index contributed by atoms with van der Waals surface area (Å²) in [4.78, 5) is 11.9. The molecule has 0 spiro atoms. The van der Waals surface area contributed by atoms with Crippen LogP contribution < -0.4 is 10.1 Å². The van der Waals surface area contributed by atoms with Crippen LogP contribution in [0.1, 0.15) is 16.8 Å². The van der Waals surface area contributed by atoms with Gasteiger partial charge in [-0.2, -0.15) is 0 Å². The Morgan fingerprint density at radius 2 is 2.16 bits per heavy atom. The second kappa shape index (κ2) is 6.08. The van der Waals surface area contributed by atoms with Crippen molar-refractivity contribution in [2.24, 2.45) is 7.05 Å². The highest BCUT2D eigenvalue weighted by atomic mass is 16.5. The molecule has 0 fully saturated rings. The predicted octanol–water partition coefficient (Wildman–Crippen LogP) is 1.05. The highest BCUT2D eigenvalue weighted by Crippen LogP contribution is 2.14. The molecule has 2 aromatic rings. The molecule has 0 radical (unpaired) electrons. The normalized spacial score (nSPS) is 10.4. The largest absolute Gasteiger partial charge is 0.479 e. The third kappa shape index (κ3) is 3.37. The number of hydrogen-bond acceptors (Lipinski definition) is 3. The molecule has 6 heteroatoms. The van der Waals surface area contributed by atoms with Crippen LogP contribution in [0.4, 0.5) is 0 Å². The van der Waals surface area contributed by atoms with E-state index in [0.29, 0.717) is 18.0 Å². The molecule has 19 heavy (non-hydrogen) atoms. The van der Waals surface area contributed by atoms with Gasteiger partial charge in [-0.1, -0.05) is 0 Å². The summed E-state index contributed by atoms with van der Waals surface area (Å²) in [6.45, 7) is 1.51. The number of hydrogen-bond donors (Lipinski definition) is 1. The molecule has 0 aliphatic rings. The molecule has 1 N–H and O–H groups in total. The number of aromatic nitrogens is 3. The fourth-order valence-corrected chi connectivity index (χ4v) is 1.85. The fourth-order valence-electron chi connectivity index (χ4n) is 1.85. The number of ether oxygens (including phenoxy) is 1. The molecule has 0 atom stereocenters. The van der Waals surface area contributed by atoms with Crippen LogP contribution in [0.25, 0.3) is 0 Å². The van der Waals surface area contributed by atoms with Crippen LogP contribution in [-0.4, -0.2) is 33.9 Å². The van der Waals surface area contributed by atoms with Gasteiger partial charge in [0.15, 0.2) is 0 Å². The average Bonchev–Trinajstić information content (AvgIpc) is 3.03. The molecule has 0 saturated heterocycles. The minimum absolute atomic E-state index is 0.155. The van der Waals surface area contributed by atoms with Crippen LogP contribution >= 0.6 is 0 Å². The summed E-state index contributed by atoms with van der Waals surface area (Å²) in [6.07, 6.45) is 6.54. The number of methoxy groups -OCH3 is 1. The van der Waals surface area contributed by atoms with E-state index >= 15 is 0 Å². The van der Waals surface area contributed by atoms with Gasteiger partial charge in [0.1, 0.15) is 5.56 Å². The Bertz CT molecular complexity index is 531. The van der Waals surface area contributed by atoms with Crippen LogP contribution in [0.2, 0.25) is 0 Å². The summed E-state index contributed by atoms with van der Waals surface area (Å²) in [5.41, 5.74) is 0.464. The van der Waals surface area contributed by atoms with Crippen LogP contribution in [0, 0.1) is 0 Å². The van der Waals surface area contributed by atoms with Crippen molar-refractivity contribution in [3.63, 3.8) is 0 Å². The van der Waals surface area contributed by atoms with Gasteiger partial charge in [0.2, 0.25) is 5.88 Å². The Hall–Kier alpha value is -2.24. The summed E-state index contributed by atoms with van der Waals surface area (Å²) < 4.78 is 8.70. The van der Waals surface area contributed by atoms with Gasteiger partial charge in [-0.25, -0.2) is 0 Å². The van der Waals surface area contributed by atoms with E-state index in [1.165, 1.54) is 7.11 Å². The second-order valence-corrected chi connectivity index (χ2v) is 4.26. The number of carbonyl (C=O) groups is 1. The van der Waals surface area contributed by atoms with Gasteiger partial charge in [0, 0.05) is 38.7 Å². The molecule has 2 rings (SSSR count). The SMILES string of the molecule is COc1nn(C)cc1C(=O)NCCCn1cccc1. The van der Waals surface area contributed by atoms with E-state index < -0.39 is 0 Å². The Morgan fingerprint density at radius 3 is 2.84 bits per heavy atom. The summed E-state index contributed by atoms with van der Waals surface area (Å²) in [5.74, 6) is 0.197. The van der Waals surface area contributed by atoms with E-state index in [-0.39, 0.29) is 5.91 Å². The third-order valence-electron chi connectivity index (χ3n) is 2.78. The third-order valence-corrected chi connectivity index (χ3v) is 2.78. The first-order chi connectivity index (χ1) is 9.20. The zero-order valence-electron chi connectivity index (χ0n) is 11.2. The second-order valence-electron chi connectivity index (χ2n) is 4.26. The minimum atomic E-state index is -0.155. The molecular formula is C13H18N4O2. The number of amides is 1. The van der Waals surface area contributed by atoms with Gasteiger partial charge in [0.25, 0.3) is 5.91 Å². The molecule has 6 nitrogen and oxygen atoms in total. The van der Waals surface area contributed by atoms with E-state index in [1.54, 1.807) is 17.9 Å². The fraction of sp³-hybridized carbons (Fsp3) is 0.385. The average molecular weight is 262 g/mol. The Labute approximate surface area is 112 Å². The molecule has 102 valence electrons. The van der Waals surface area contributed by atoms with Gasteiger partial charge in [-0.3, -0.25) is 9.48 Å². The van der Waals surface area contributed by atoms with Crippen molar-refractivity contribution in [1.29, 1.82) is 0 Å². The van der Waals surface area contributed by atoms with Gasteiger partial charge in [0.05, 0.1) is 7.11 Å². The quantitative estimate of drug-likeness (QED) is 0.792. The first-order valence-electron chi connectivity index (χ1n) is 6.17. The van der Waals surface area contributed by atoms with Crippen molar-refractivity contribution in [2.75, 3.05) is 13.7 Å². The highest BCUT2D eigenvalue weighted by Gasteiger charge is 2.15. The highest BCUT2D eigenvalue weighted by molar-refractivity contribution is 5.96. The number of nitrogens with one attached hydrogen (secondary N) is 1. The Kier molecular flexibility index (Phi) is 4.22. The summed E-state index contributed by atoms with van der Waals surface area (Å²) in [6, 6.07) is 3.97. The van der Waals surface area contributed by atoms with Gasteiger partial charge < -0.3 is 14.6 Å². The molecule has 0 aromatic carbocycles. The zero-order valence-corrected chi connectivity index (χ0v) is 11.2. The zero-order chi connectivity index (χ0) is 13.7. The number of rotatable bonds is 6. The topological polar surface area (TPSA) is 61.1 Å². The molecule has 0 aliphatic carbocycles. The van der Waals surface area contributed by atoms with Crippen LogP contribution in [-0.2, 0) is 13.6 Å². The lowest BCUT2D eigenvalue weighted by molar-refractivity contribution is 0.0949. The predicted molar refractivity (Wildman–Crippen MR) is 71.1 cm³/mol. The number of carbonyl (C=O) groups excluding carboxylic acids is 1.